The van der Waals surface area contributed by atoms with Crippen molar-refractivity contribution in [3.63, 3.8) is 0 Å². The third-order valence-corrected chi connectivity index (χ3v) is 7.87. The second kappa shape index (κ2) is 9.87. The molecule has 1 fully saturated rings. The van der Waals surface area contributed by atoms with Crippen LogP contribution in [0.5, 0.6) is 0 Å². The summed E-state index contributed by atoms with van der Waals surface area (Å²) >= 11 is 13.0. The van der Waals surface area contributed by atoms with Crippen LogP contribution in [-0.2, 0) is 17.9 Å². The summed E-state index contributed by atoms with van der Waals surface area (Å²) in [5.74, 6) is -0.345. The molecule has 3 aromatic carbocycles. The molecule has 5 nitrogen and oxygen atoms in total. The number of carbonyl (C=O) groups excluding carboxylic acids is 2. The number of imide groups is 1. The zero-order chi connectivity index (χ0) is 25.4. The first-order chi connectivity index (χ1) is 17.4. The lowest BCUT2D eigenvalue weighted by Gasteiger charge is -2.13. The Morgan fingerprint density at radius 3 is 2.50 bits per heavy atom. The van der Waals surface area contributed by atoms with Crippen LogP contribution in [0.25, 0.3) is 17.0 Å². The number of para-hydroxylation sites is 1. The standard InChI is InChI=1S/C28H19Cl2N3O2S/c1-17-22(13-26-27(34)33(28(35)36-26)15-18-10-11-23(29)24(30)12-18)21-8-4-5-9-25(21)32(17)16-20-7-3-2-6-19(20)14-31/h2-13H,15-16H2,1H3/b26-13-. The number of hydrogen-bond acceptors (Lipinski definition) is 4. The minimum Gasteiger partial charge on any atom is -0.340 e. The van der Waals surface area contributed by atoms with E-state index in [1.807, 2.05) is 49.4 Å². The highest BCUT2D eigenvalue weighted by Crippen LogP contribution is 2.37. The van der Waals surface area contributed by atoms with Gasteiger partial charge in [0.15, 0.2) is 0 Å². The first kappa shape index (κ1) is 24.2. The van der Waals surface area contributed by atoms with Gasteiger partial charge in [-0.25, -0.2) is 0 Å². The molecule has 36 heavy (non-hydrogen) atoms. The van der Waals surface area contributed by atoms with E-state index in [-0.39, 0.29) is 17.7 Å². The van der Waals surface area contributed by atoms with E-state index < -0.39 is 0 Å². The zero-order valence-corrected chi connectivity index (χ0v) is 21.5. The molecule has 0 spiro atoms. The second-order valence-electron chi connectivity index (χ2n) is 8.39. The predicted molar refractivity (Wildman–Crippen MR) is 145 cm³/mol. The molecule has 0 atom stereocenters. The summed E-state index contributed by atoms with van der Waals surface area (Å²) in [4.78, 5) is 27.5. The fourth-order valence-corrected chi connectivity index (χ4v) is 5.51. The summed E-state index contributed by atoms with van der Waals surface area (Å²) in [6.07, 6.45) is 1.80. The molecule has 1 aromatic heterocycles. The summed E-state index contributed by atoms with van der Waals surface area (Å²) in [6, 6.07) is 22.8. The predicted octanol–water partition coefficient (Wildman–Crippen LogP) is 7.41. The summed E-state index contributed by atoms with van der Waals surface area (Å²) in [5, 5.41) is 11.0. The molecule has 0 N–H and O–H groups in total. The molecule has 0 aliphatic carbocycles. The van der Waals surface area contributed by atoms with E-state index in [1.54, 1.807) is 30.3 Å². The summed E-state index contributed by atoms with van der Waals surface area (Å²) in [6.45, 7) is 2.62. The van der Waals surface area contributed by atoms with E-state index in [9.17, 15) is 14.9 Å². The number of rotatable bonds is 5. The van der Waals surface area contributed by atoms with Gasteiger partial charge in [-0.2, -0.15) is 5.26 Å². The van der Waals surface area contributed by atoms with E-state index in [1.165, 1.54) is 4.90 Å². The molecule has 8 heteroatoms. The number of benzene rings is 3. The highest BCUT2D eigenvalue weighted by molar-refractivity contribution is 8.18. The van der Waals surface area contributed by atoms with Gasteiger partial charge in [-0.15, -0.1) is 0 Å². The Morgan fingerprint density at radius 1 is 0.972 bits per heavy atom. The molecule has 178 valence electrons. The van der Waals surface area contributed by atoms with E-state index >= 15 is 0 Å². The Hall–Kier alpha value is -3.50. The van der Waals surface area contributed by atoms with Gasteiger partial charge in [-0.1, -0.05) is 65.7 Å². The van der Waals surface area contributed by atoms with Crippen LogP contribution in [0.2, 0.25) is 10.0 Å². The van der Waals surface area contributed by atoms with Gasteiger partial charge in [0.1, 0.15) is 0 Å². The molecule has 0 radical (unpaired) electrons. The Kier molecular flexibility index (Phi) is 6.63. The van der Waals surface area contributed by atoms with Crippen molar-refractivity contribution in [2.24, 2.45) is 0 Å². The first-order valence-corrected chi connectivity index (χ1v) is 12.7. The summed E-state index contributed by atoms with van der Waals surface area (Å²) < 4.78 is 2.14. The first-order valence-electron chi connectivity index (χ1n) is 11.1. The monoisotopic (exact) mass is 531 g/mol. The third kappa shape index (κ3) is 4.42. The number of amides is 2. The second-order valence-corrected chi connectivity index (χ2v) is 10.2. The van der Waals surface area contributed by atoms with E-state index in [4.69, 9.17) is 23.2 Å². The van der Waals surface area contributed by atoms with Crippen LogP contribution >= 0.6 is 35.0 Å². The number of halogens is 2. The van der Waals surface area contributed by atoms with Crippen LogP contribution in [0, 0.1) is 18.3 Å². The van der Waals surface area contributed by atoms with Crippen molar-refractivity contribution in [1.29, 1.82) is 5.26 Å². The molecular weight excluding hydrogens is 513 g/mol. The SMILES string of the molecule is Cc1c(/C=C2\SC(=O)N(Cc3ccc(Cl)c(Cl)c3)C2=O)c2ccccc2n1Cc1ccccc1C#N. The molecule has 2 amide bonds. The third-order valence-electron chi connectivity index (χ3n) is 6.22. The molecule has 1 saturated heterocycles. The number of thioether (sulfide) groups is 1. The topological polar surface area (TPSA) is 66.1 Å². The van der Waals surface area contributed by atoms with Gasteiger partial charge in [0.05, 0.1) is 33.1 Å². The molecule has 1 aliphatic heterocycles. The molecule has 0 saturated carbocycles. The Morgan fingerprint density at radius 2 is 1.72 bits per heavy atom. The van der Waals surface area contributed by atoms with E-state index in [2.05, 4.69) is 10.6 Å². The van der Waals surface area contributed by atoms with Crippen LogP contribution in [0.3, 0.4) is 0 Å². The quantitative estimate of drug-likeness (QED) is 0.251. The van der Waals surface area contributed by atoms with E-state index in [0.717, 1.165) is 45.0 Å². The van der Waals surface area contributed by atoms with Crippen LogP contribution in [0.15, 0.2) is 71.6 Å². The minimum atomic E-state index is -0.345. The lowest BCUT2D eigenvalue weighted by Crippen LogP contribution is -2.27. The number of carbonyl (C=O) groups is 2. The summed E-state index contributed by atoms with van der Waals surface area (Å²) in [7, 11) is 0. The maximum absolute atomic E-state index is 13.2. The molecular formula is C28H19Cl2N3O2S. The highest BCUT2D eigenvalue weighted by Gasteiger charge is 2.35. The van der Waals surface area contributed by atoms with Crippen molar-refractivity contribution < 1.29 is 9.59 Å². The van der Waals surface area contributed by atoms with Gasteiger partial charge in [0.2, 0.25) is 0 Å². The zero-order valence-electron chi connectivity index (χ0n) is 19.2. The van der Waals surface area contributed by atoms with Crippen molar-refractivity contribution in [3.8, 4) is 6.07 Å². The van der Waals surface area contributed by atoms with Gasteiger partial charge in [-0.3, -0.25) is 14.5 Å². The Bertz CT molecular complexity index is 1620. The van der Waals surface area contributed by atoms with E-state index in [0.29, 0.717) is 27.1 Å². The fraction of sp³-hybridized carbons (Fsp3) is 0.107. The van der Waals surface area contributed by atoms with Gasteiger partial charge in [-0.05, 0) is 60.2 Å². The smallest absolute Gasteiger partial charge is 0.293 e. The number of fused-ring (bicyclic) bond motifs is 1. The van der Waals surface area contributed by atoms with Crippen LogP contribution in [0.4, 0.5) is 4.79 Å². The number of nitrogens with zero attached hydrogens (tertiary/aromatic N) is 3. The van der Waals surface area contributed by atoms with Crippen molar-refractivity contribution in [2.75, 3.05) is 0 Å². The van der Waals surface area contributed by atoms with Gasteiger partial charge in [0.25, 0.3) is 11.1 Å². The van der Waals surface area contributed by atoms with Crippen molar-refractivity contribution in [3.05, 3.63) is 110 Å². The Balaban J connectivity index is 1.51. The van der Waals surface area contributed by atoms with Crippen molar-refractivity contribution in [1.82, 2.24) is 9.47 Å². The largest absolute Gasteiger partial charge is 0.340 e. The molecule has 1 aliphatic rings. The minimum absolute atomic E-state index is 0.116. The van der Waals surface area contributed by atoms with Crippen LogP contribution < -0.4 is 0 Å². The average Bonchev–Trinajstić information content (AvgIpc) is 3.29. The Labute approximate surface area is 222 Å². The maximum atomic E-state index is 13.2. The highest BCUT2D eigenvalue weighted by atomic mass is 35.5. The normalized spacial score (nSPS) is 14.7. The average molecular weight is 532 g/mol. The molecule has 0 unspecified atom stereocenters. The number of hydrogen-bond donors (Lipinski definition) is 0. The molecule has 2 heterocycles. The summed E-state index contributed by atoms with van der Waals surface area (Å²) in [5.41, 5.74) is 5.07. The lowest BCUT2D eigenvalue weighted by atomic mass is 10.1. The van der Waals surface area contributed by atoms with Gasteiger partial charge >= 0.3 is 0 Å². The van der Waals surface area contributed by atoms with Crippen LogP contribution in [-0.4, -0.2) is 20.6 Å². The van der Waals surface area contributed by atoms with Gasteiger partial charge < -0.3 is 4.57 Å². The molecule has 4 aromatic rings. The maximum Gasteiger partial charge on any atom is 0.293 e. The van der Waals surface area contributed by atoms with Crippen molar-refractivity contribution >= 4 is 63.1 Å². The molecule has 0 bridgehead atoms. The number of nitriles is 1. The van der Waals surface area contributed by atoms with Crippen molar-refractivity contribution in [2.45, 2.75) is 20.0 Å². The fourth-order valence-electron chi connectivity index (χ4n) is 4.37. The van der Waals surface area contributed by atoms with Gasteiger partial charge in [0, 0.05) is 28.7 Å². The lowest BCUT2D eigenvalue weighted by molar-refractivity contribution is -0.123. The number of aromatic nitrogens is 1. The van der Waals surface area contributed by atoms with Crippen LogP contribution in [0.1, 0.15) is 27.9 Å². The molecule has 5 rings (SSSR count).